The molecule has 0 amide bonds. The van der Waals surface area contributed by atoms with Crippen molar-refractivity contribution in [1.29, 1.82) is 0 Å². The molecule has 0 saturated carbocycles. The van der Waals surface area contributed by atoms with Gasteiger partial charge in [-0.1, -0.05) is 24.3 Å². The Morgan fingerprint density at radius 1 is 1.12 bits per heavy atom. The van der Waals surface area contributed by atoms with Crippen LogP contribution in [-0.2, 0) is 15.6 Å². The first-order valence-electron chi connectivity index (χ1n) is 7.43. The van der Waals surface area contributed by atoms with Gasteiger partial charge in [-0.15, -0.1) is 0 Å². The van der Waals surface area contributed by atoms with Gasteiger partial charge >= 0.3 is 0 Å². The van der Waals surface area contributed by atoms with E-state index in [1.807, 2.05) is 0 Å². The first kappa shape index (κ1) is 17.9. The predicted molar refractivity (Wildman–Crippen MR) is 93.9 cm³/mol. The van der Waals surface area contributed by atoms with E-state index >= 15 is 0 Å². The Balaban J connectivity index is 2.16. The summed E-state index contributed by atoms with van der Waals surface area (Å²) in [5.41, 5.74) is 1.05. The van der Waals surface area contributed by atoms with Crippen molar-refractivity contribution in [2.75, 3.05) is 13.7 Å². The van der Waals surface area contributed by atoms with E-state index in [1.54, 1.807) is 56.5 Å². The van der Waals surface area contributed by atoms with Gasteiger partial charge in [0.1, 0.15) is 5.75 Å². The predicted octanol–water partition coefficient (Wildman–Crippen LogP) is 3.39. The first-order valence-corrected chi connectivity index (χ1v) is 9.15. The number of para-hydroxylation sites is 1. The average molecular weight is 348 g/mol. The zero-order chi connectivity index (χ0) is 17.6. The van der Waals surface area contributed by atoms with Gasteiger partial charge in [0.15, 0.2) is 21.3 Å². The Kier molecular flexibility index (Phi) is 5.87. The van der Waals surface area contributed by atoms with E-state index < -0.39 is 9.84 Å². The number of sulfone groups is 1. The molecule has 128 valence electrons. The maximum atomic E-state index is 12.2. The van der Waals surface area contributed by atoms with Gasteiger partial charge in [-0.2, -0.15) is 0 Å². The highest BCUT2D eigenvalue weighted by atomic mass is 32.2. The number of benzene rings is 2. The van der Waals surface area contributed by atoms with E-state index in [2.05, 4.69) is 0 Å². The van der Waals surface area contributed by atoms with E-state index in [1.165, 1.54) is 6.08 Å². The molecule has 0 aliphatic rings. The van der Waals surface area contributed by atoms with Crippen molar-refractivity contribution in [2.24, 2.45) is 0 Å². The molecule has 0 spiro atoms. The van der Waals surface area contributed by atoms with Crippen LogP contribution >= 0.6 is 0 Å². The molecule has 0 saturated heterocycles. The third kappa shape index (κ3) is 4.76. The van der Waals surface area contributed by atoms with E-state index in [-0.39, 0.29) is 11.5 Å². The number of phenols is 1. The minimum Gasteiger partial charge on any atom is -0.504 e. The molecule has 2 aromatic carbocycles. The van der Waals surface area contributed by atoms with Crippen LogP contribution in [0.25, 0.3) is 6.08 Å². The second kappa shape index (κ2) is 7.88. The molecule has 0 aliphatic carbocycles. The molecule has 2 aromatic rings. The third-order valence-corrected chi connectivity index (χ3v) is 4.60. The van der Waals surface area contributed by atoms with Crippen LogP contribution in [0, 0.1) is 0 Å². The lowest BCUT2D eigenvalue weighted by atomic mass is 10.2. The van der Waals surface area contributed by atoms with Gasteiger partial charge in [-0.05, 0) is 36.8 Å². The van der Waals surface area contributed by atoms with E-state index in [0.29, 0.717) is 29.2 Å². The lowest BCUT2D eigenvalue weighted by Crippen LogP contribution is -2.00. The lowest BCUT2D eigenvalue weighted by molar-refractivity contribution is 0.318. The van der Waals surface area contributed by atoms with Crippen LogP contribution in [0.15, 0.2) is 47.9 Å². The summed E-state index contributed by atoms with van der Waals surface area (Å²) in [7, 11) is -1.91. The molecule has 0 atom stereocenters. The smallest absolute Gasteiger partial charge is 0.175 e. The van der Waals surface area contributed by atoms with E-state index in [9.17, 15) is 13.5 Å². The summed E-state index contributed by atoms with van der Waals surface area (Å²) >= 11 is 0. The van der Waals surface area contributed by atoms with Gasteiger partial charge in [0.25, 0.3) is 0 Å². The highest BCUT2D eigenvalue weighted by Gasteiger charge is 2.10. The second-order valence-corrected chi connectivity index (χ2v) is 6.97. The maximum absolute atomic E-state index is 12.2. The molecule has 0 radical (unpaired) electrons. The molecular weight excluding hydrogens is 328 g/mol. The monoisotopic (exact) mass is 348 g/mol. The number of rotatable bonds is 7. The molecule has 0 heterocycles. The summed E-state index contributed by atoms with van der Waals surface area (Å²) < 4.78 is 34.8. The van der Waals surface area contributed by atoms with Crippen LogP contribution in [0.2, 0.25) is 0 Å². The Labute approximate surface area is 142 Å². The zero-order valence-corrected chi connectivity index (χ0v) is 14.4. The van der Waals surface area contributed by atoms with Crippen molar-refractivity contribution in [3.05, 3.63) is 59.0 Å². The Hall–Kier alpha value is -2.47. The molecular formula is C18H20O5S. The van der Waals surface area contributed by atoms with Gasteiger partial charge < -0.3 is 14.6 Å². The third-order valence-electron chi connectivity index (χ3n) is 3.31. The minimum atomic E-state index is -3.47. The molecule has 1 N–H and O–H groups in total. The van der Waals surface area contributed by atoms with Crippen LogP contribution in [0.5, 0.6) is 17.2 Å². The standard InChI is InChI=1S/C18H20O5S/c1-3-23-17-6-4-5-15(18(17)19)11-12-24(20,21)13-14-7-9-16(22-2)10-8-14/h4-12,19H,3,13H2,1-2H3. The fourth-order valence-electron chi connectivity index (χ4n) is 2.12. The summed E-state index contributed by atoms with van der Waals surface area (Å²) in [5, 5.41) is 11.2. The van der Waals surface area contributed by atoms with Crippen molar-refractivity contribution in [3.63, 3.8) is 0 Å². The Bertz CT molecular complexity index is 808. The van der Waals surface area contributed by atoms with Crippen LogP contribution in [0.1, 0.15) is 18.1 Å². The topological polar surface area (TPSA) is 72.8 Å². The maximum Gasteiger partial charge on any atom is 0.175 e. The van der Waals surface area contributed by atoms with Crippen molar-refractivity contribution in [1.82, 2.24) is 0 Å². The highest BCUT2D eigenvalue weighted by Crippen LogP contribution is 2.30. The van der Waals surface area contributed by atoms with Crippen molar-refractivity contribution >= 4 is 15.9 Å². The molecule has 0 bridgehead atoms. The molecule has 24 heavy (non-hydrogen) atoms. The Morgan fingerprint density at radius 2 is 1.83 bits per heavy atom. The molecule has 2 rings (SSSR count). The van der Waals surface area contributed by atoms with Gasteiger partial charge in [-0.25, -0.2) is 8.42 Å². The number of hydrogen-bond donors (Lipinski definition) is 1. The van der Waals surface area contributed by atoms with Gasteiger partial charge in [-0.3, -0.25) is 0 Å². The van der Waals surface area contributed by atoms with Crippen molar-refractivity contribution < 1.29 is 23.0 Å². The molecule has 6 heteroatoms. The van der Waals surface area contributed by atoms with Gasteiger partial charge in [0.2, 0.25) is 0 Å². The number of methoxy groups -OCH3 is 1. The largest absolute Gasteiger partial charge is 0.504 e. The van der Waals surface area contributed by atoms with Crippen LogP contribution in [-0.4, -0.2) is 27.2 Å². The zero-order valence-electron chi connectivity index (χ0n) is 13.6. The number of phenolic OH excluding ortho intramolecular Hbond substituents is 1. The van der Waals surface area contributed by atoms with Gasteiger partial charge in [0.05, 0.1) is 19.5 Å². The molecule has 5 nitrogen and oxygen atoms in total. The summed E-state index contributed by atoms with van der Waals surface area (Å²) in [5.74, 6) is 0.797. The van der Waals surface area contributed by atoms with Crippen LogP contribution in [0.3, 0.4) is 0 Å². The molecule has 0 aromatic heterocycles. The lowest BCUT2D eigenvalue weighted by Gasteiger charge is -2.07. The number of ether oxygens (including phenoxy) is 2. The number of hydrogen-bond acceptors (Lipinski definition) is 5. The fourth-order valence-corrected chi connectivity index (χ4v) is 3.23. The summed E-state index contributed by atoms with van der Waals surface area (Å²) in [6, 6.07) is 11.8. The van der Waals surface area contributed by atoms with Crippen molar-refractivity contribution in [2.45, 2.75) is 12.7 Å². The summed E-state index contributed by atoms with van der Waals surface area (Å²) in [6.45, 7) is 2.22. The van der Waals surface area contributed by atoms with Gasteiger partial charge in [0, 0.05) is 11.0 Å². The second-order valence-electron chi connectivity index (χ2n) is 5.09. The van der Waals surface area contributed by atoms with E-state index in [4.69, 9.17) is 9.47 Å². The average Bonchev–Trinajstić information content (AvgIpc) is 2.56. The van der Waals surface area contributed by atoms with Crippen molar-refractivity contribution in [3.8, 4) is 17.2 Å². The molecule has 0 aliphatic heterocycles. The SMILES string of the molecule is CCOc1cccc(C=CS(=O)(=O)Cc2ccc(OC)cc2)c1O. The minimum absolute atomic E-state index is 0.0738. The summed E-state index contributed by atoms with van der Waals surface area (Å²) in [6.07, 6.45) is 1.37. The van der Waals surface area contributed by atoms with Crippen LogP contribution < -0.4 is 9.47 Å². The Morgan fingerprint density at radius 3 is 2.46 bits per heavy atom. The highest BCUT2D eigenvalue weighted by molar-refractivity contribution is 7.93. The van der Waals surface area contributed by atoms with Crippen LogP contribution in [0.4, 0.5) is 0 Å². The van der Waals surface area contributed by atoms with E-state index in [0.717, 1.165) is 5.41 Å². The summed E-state index contributed by atoms with van der Waals surface area (Å²) in [4.78, 5) is 0. The quantitative estimate of drug-likeness (QED) is 0.830. The number of aromatic hydroxyl groups is 1. The molecule has 0 fully saturated rings. The molecule has 0 unspecified atom stereocenters. The normalized spacial score (nSPS) is 11.6. The fraction of sp³-hybridized carbons (Fsp3) is 0.222. The first-order chi connectivity index (χ1) is 11.4.